The third-order valence-corrected chi connectivity index (χ3v) is 2.98. The second kappa shape index (κ2) is 5.69. The fourth-order valence-electron chi connectivity index (χ4n) is 1.66. The van der Waals surface area contributed by atoms with E-state index in [1.165, 1.54) is 0 Å². The quantitative estimate of drug-likeness (QED) is 0.780. The lowest BCUT2D eigenvalue weighted by molar-refractivity contribution is 0.111. The molecule has 2 rings (SSSR count). The Balaban J connectivity index is 2.16. The lowest BCUT2D eigenvalue weighted by Crippen LogP contribution is -2.04. The molecule has 0 radical (unpaired) electrons. The number of hydrogen-bond acceptors (Lipinski definition) is 3. The summed E-state index contributed by atoms with van der Waals surface area (Å²) in [7, 11) is 0. The zero-order valence-electron chi connectivity index (χ0n) is 9.97. The molecule has 0 saturated heterocycles. The number of rotatable bonds is 5. The summed E-state index contributed by atoms with van der Waals surface area (Å²) < 4.78 is 7.60. The standard InChI is InChI=1S/C13H13ClN2O2/c1-2-16-9-15-6-10(16)8-18-13-5-3-4-12(14)11(13)7-17/h3-7,9H,2,8H2,1H3. The molecule has 0 atom stereocenters. The summed E-state index contributed by atoms with van der Waals surface area (Å²) in [4.78, 5) is 15.0. The van der Waals surface area contributed by atoms with Crippen molar-refractivity contribution in [3.8, 4) is 5.75 Å². The molecule has 4 nitrogen and oxygen atoms in total. The van der Waals surface area contributed by atoms with E-state index in [2.05, 4.69) is 4.98 Å². The van der Waals surface area contributed by atoms with Crippen LogP contribution in [0, 0.1) is 0 Å². The molecule has 0 bridgehead atoms. The predicted molar refractivity (Wildman–Crippen MR) is 69.1 cm³/mol. The van der Waals surface area contributed by atoms with Crippen LogP contribution in [0.5, 0.6) is 5.75 Å². The Morgan fingerprint density at radius 1 is 1.50 bits per heavy atom. The van der Waals surface area contributed by atoms with E-state index in [1.54, 1.807) is 30.7 Å². The fourth-order valence-corrected chi connectivity index (χ4v) is 1.87. The molecule has 1 heterocycles. The van der Waals surface area contributed by atoms with Crippen LogP contribution >= 0.6 is 11.6 Å². The molecular formula is C13H13ClN2O2. The molecule has 0 N–H and O–H groups in total. The van der Waals surface area contributed by atoms with Crippen LogP contribution in [0.4, 0.5) is 0 Å². The third kappa shape index (κ3) is 2.54. The smallest absolute Gasteiger partial charge is 0.155 e. The number of aryl methyl sites for hydroxylation is 1. The number of carbonyl (C=O) groups excluding carboxylic acids is 1. The summed E-state index contributed by atoms with van der Waals surface area (Å²) in [6, 6.07) is 5.14. The van der Waals surface area contributed by atoms with E-state index in [-0.39, 0.29) is 0 Å². The highest BCUT2D eigenvalue weighted by Crippen LogP contribution is 2.25. The van der Waals surface area contributed by atoms with E-state index in [4.69, 9.17) is 16.3 Å². The van der Waals surface area contributed by atoms with Gasteiger partial charge in [-0.3, -0.25) is 4.79 Å². The minimum absolute atomic E-state index is 0.356. The predicted octanol–water partition coefficient (Wildman–Crippen LogP) is 2.95. The average molecular weight is 265 g/mol. The molecule has 18 heavy (non-hydrogen) atoms. The van der Waals surface area contributed by atoms with Gasteiger partial charge in [-0.2, -0.15) is 0 Å². The molecule has 0 saturated carbocycles. The molecule has 94 valence electrons. The third-order valence-electron chi connectivity index (χ3n) is 2.65. The largest absolute Gasteiger partial charge is 0.487 e. The number of halogens is 1. The van der Waals surface area contributed by atoms with E-state index in [0.717, 1.165) is 12.2 Å². The topological polar surface area (TPSA) is 44.1 Å². The Kier molecular flexibility index (Phi) is 3.99. The minimum Gasteiger partial charge on any atom is -0.487 e. The maximum Gasteiger partial charge on any atom is 0.155 e. The number of aldehydes is 1. The molecule has 0 aliphatic rings. The van der Waals surface area contributed by atoms with Gasteiger partial charge in [0.1, 0.15) is 12.4 Å². The van der Waals surface area contributed by atoms with Crippen molar-refractivity contribution < 1.29 is 9.53 Å². The number of nitrogens with zero attached hydrogens (tertiary/aromatic N) is 2. The highest BCUT2D eigenvalue weighted by atomic mass is 35.5. The molecule has 1 aromatic heterocycles. The van der Waals surface area contributed by atoms with E-state index in [1.807, 2.05) is 11.5 Å². The van der Waals surface area contributed by atoms with E-state index < -0.39 is 0 Å². The Morgan fingerprint density at radius 3 is 3.06 bits per heavy atom. The van der Waals surface area contributed by atoms with Crippen LogP contribution in [0.15, 0.2) is 30.7 Å². The fraction of sp³-hybridized carbons (Fsp3) is 0.231. The highest BCUT2D eigenvalue weighted by molar-refractivity contribution is 6.33. The van der Waals surface area contributed by atoms with Crippen LogP contribution in [-0.2, 0) is 13.2 Å². The van der Waals surface area contributed by atoms with Gasteiger partial charge in [0.25, 0.3) is 0 Å². The first-order valence-electron chi connectivity index (χ1n) is 5.61. The minimum atomic E-state index is 0.356. The van der Waals surface area contributed by atoms with Gasteiger partial charge < -0.3 is 9.30 Å². The van der Waals surface area contributed by atoms with Crippen LogP contribution < -0.4 is 4.74 Å². The van der Waals surface area contributed by atoms with Crippen molar-refractivity contribution in [3.63, 3.8) is 0 Å². The first-order valence-corrected chi connectivity index (χ1v) is 5.99. The zero-order chi connectivity index (χ0) is 13.0. The monoisotopic (exact) mass is 264 g/mol. The summed E-state index contributed by atoms with van der Waals surface area (Å²) >= 11 is 5.92. The van der Waals surface area contributed by atoms with E-state index >= 15 is 0 Å². The number of carbonyl (C=O) groups is 1. The van der Waals surface area contributed by atoms with Crippen molar-refractivity contribution in [3.05, 3.63) is 47.0 Å². The first kappa shape index (κ1) is 12.6. The second-order valence-electron chi connectivity index (χ2n) is 3.73. The molecule has 0 aliphatic heterocycles. The first-order chi connectivity index (χ1) is 8.76. The summed E-state index contributed by atoms with van der Waals surface area (Å²) in [5.74, 6) is 0.487. The second-order valence-corrected chi connectivity index (χ2v) is 4.14. The summed E-state index contributed by atoms with van der Waals surface area (Å²) in [6.45, 7) is 3.21. The Morgan fingerprint density at radius 2 is 2.33 bits per heavy atom. The SMILES string of the molecule is CCn1cncc1COc1cccc(Cl)c1C=O. The van der Waals surface area contributed by atoms with E-state index in [9.17, 15) is 4.79 Å². The molecule has 2 aromatic rings. The van der Waals surface area contributed by atoms with Crippen LogP contribution in [0.3, 0.4) is 0 Å². The lowest BCUT2D eigenvalue weighted by Gasteiger charge is -2.10. The number of imidazole rings is 1. The number of ether oxygens (including phenoxy) is 1. The summed E-state index contributed by atoms with van der Waals surface area (Å²) in [5, 5.41) is 0.395. The average Bonchev–Trinajstić information content (AvgIpc) is 2.83. The Labute approximate surface area is 110 Å². The van der Waals surface area contributed by atoms with Crippen molar-refractivity contribution in [2.24, 2.45) is 0 Å². The van der Waals surface area contributed by atoms with Gasteiger partial charge in [-0.1, -0.05) is 17.7 Å². The Bertz CT molecular complexity index is 552. The summed E-state index contributed by atoms with van der Waals surface area (Å²) in [6.07, 6.45) is 4.20. The van der Waals surface area contributed by atoms with Gasteiger partial charge in [-0.25, -0.2) is 4.98 Å². The van der Waals surface area contributed by atoms with Gasteiger partial charge in [0.15, 0.2) is 6.29 Å². The van der Waals surface area contributed by atoms with Crippen molar-refractivity contribution >= 4 is 17.9 Å². The number of hydrogen-bond donors (Lipinski definition) is 0. The normalized spacial score (nSPS) is 10.3. The van der Waals surface area contributed by atoms with Crippen LogP contribution in [-0.4, -0.2) is 15.8 Å². The van der Waals surface area contributed by atoms with Gasteiger partial charge in [0.2, 0.25) is 0 Å². The maximum absolute atomic E-state index is 11.0. The van der Waals surface area contributed by atoms with Crippen molar-refractivity contribution in [1.82, 2.24) is 9.55 Å². The van der Waals surface area contributed by atoms with E-state index in [0.29, 0.717) is 29.2 Å². The molecule has 0 fully saturated rings. The molecule has 0 spiro atoms. The van der Waals surface area contributed by atoms with Gasteiger partial charge in [-0.05, 0) is 19.1 Å². The van der Waals surface area contributed by atoms with Gasteiger partial charge in [0.05, 0.1) is 28.8 Å². The molecule has 1 aromatic carbocycles. The lowest BCUT2D eigenvalue weighted by atomic mass is 10.2. The van der Waals surface area contributed by atoms with Gasteiger partial charge in [-0.15, -0.1) is 0 Å². The Hall–Kier alpha value is -1.81. The highest BCUT2D eigenvalue weighted by Gasteiger charge is 2.08. The number of benzene rings is 1. The van der Waals surface area contributed by atoms with Crippen molar-refractivity contribution in [2.45, 2.75) is 20.1 Å². The maximum atomic E-state index is 11.0. The van der Waals surface area contributed by atoms with Crippen LogP contribution in [0.25, 0.3) is 0 Å². The molecule has 0 unspecified atom stereocenters. The van der Waals surface area contributed by atoms with Crippen LogP contribution in [0.1, 0.15) is 23.0 Å². The van der Waals surface area contributed by atoms with Gasteiger partial charge in [0, 0.05) is 6.54 Å². The van der Waals surface area contributed by atoms with Crippen molar-refractivity contribution in [1.29, 1.82) is 0 Å². The number of aromatic nitrogens is 2. The zero-order valence-corrected chi connectivity index (χ0v) is 10.7. The molecule has 0 aliphatic carbocycles. The molecule has 5 heteroatoms. The van der Waals surface area contributed by atoms with Crippen molar-refractivity contribution in [2.75, 3.05) is 0 Å². The molecule has 0 amide bonds. The molecular weight excluding hydrogens is 252 g/mol. The van der Waals surface area contributed by atoms with Gasteiger partial charge >= 0.3 is 0 Å². The van der Waals surface area contributed by atoms with Crippen LogP contribution in [0.2, 0.25) is 5.02 Å². The summed E-state index contributed by atoms with van der Waals surface area (Å²) in [5.41, 5.74) is 1.33.